The molecule has 1 aromatic carbocycles. The Bertz CT molecular complexity index is 1100. The molecule has 0 bridgehead atoms. The normalized spacial score (nSPS) is 21.8. The third-order valence-electron chi connectivity index (χ3n) is 5.26. The van der Waals surface area contributed by atoms with Crippen molar-refractivity contribution in [3.63, 3.8) is 0 Å². The van der Waals surface area contributed by atoms with Crippen LogP contribution < -0.4 is 11.2 Å². The molecule has 1 fully saturated rings. The molecule has 0 radical (unpaired) electrons. The third-order valence-corrected chi connectivity index (χ3v) is 5.93. The zero-order valence-electron chi connectivity index (χ0n) is 17.4. The Labute approximate surface area is 196 Å². The van der Waals surface area contributed by atoms with Crippen molar-refractivity contribution in [2.75, 3.05) is 6.61 Å². The van der Waals surface area contributed by atoms with E-state index in [0.29, 0.717) is 9.13 Å². The molecule has 174 valence electrons. The molecule has 3 N–H and O–H groups in total. The predicted octanol–water partition coefficient (Wildman–Crippen LogP) is 1.60. The first-order valence-electron chi connectivity index (χ1n) is 9.96. The van der Waals surface area contributed by atoms with Crippen LogP contribution in [0, 0.1) is 19.6 Å². The summed E-state index contributed by atoms with van der Waals surface area (Å²) in [5.41, 5.74) is -0.929. The summed E-state index contributed by atoms with van der Waals surface area (Å²) < 4.78 is 13.3. The molecule has 0 aliphatic carbocycles. The van der Waals surface area contributed by atoms with Crippen LogP contribution in [0.2, 0.25) is 0 Å². The van der Waals surface area contributed by atoms with E-state index in [0.717, 1.165) is 4.57 Å². The summed E-state index contributed by atoms with van der Waals surface area (Å²) in [7, 11) is 0. The van der Waals surface area contributed by atoms with E-state index < -0.39 is 47.3 Å². The molecule has 11 nitrogen and oxygen atoms in total. The van der Waals surface area contributed by atoms with E-state index in [1.807, 2.05) is 36.4 Å². The van der Waals surface area contributed by atoms with Crippen LogP contribution in [0.5, 0.6) is 0 Å². The molecular weight excluding hydrogens is 537 g/mol. The summed E-state index contributed by atoms with van der Waals surface area (Å²) in [6, 6.07) is 4.84. The van der Waals surface area contributed by atoms with Crippen molar-refractivity contribution in [1.82, 2.24) is 9.55 Å². The van der Waals surface area contributed by atoms with Gasteiger partial charge in [-0.05, 0) is 40.6 Å². The van der Waals surface area contributed by atoms with Gasteiger partial charge in [-0.25, -0.2) is 4.79 Å². The second-order valence-corrected chi connectivity index (χ2v) is 9.12. The maximum absolute atomic E-state index is 12.3. The Morgan fingerprint density at radius 2 is 2.12 bits per heavy atom. The van der Waals surface area contributed by atoms with Gasteiger partial charge in [-0.1, -0.05) is 13.8 Å². The highest BCUT2D eigenvalue weighted by Gasteiger charge is 2.35. The molecule has 0 saturated carbocycles. The highest BCUT2D eigenvalue weighted by atomic mass is 127. The van der Waals surface area contributed by atoms with Crippen molar-refractivity contribution >= 4 is 28.3 Å². The quantitative estimate of drug-likeness (QED) is 0.249. The summed E-state index contributed by atoms with van der Waals surface area (Å²) in [6.07, 6.45) is -1.95. The molecule has 3 rings (SSSR count). The fourth-order valence-electron chi connectivity index (χ4n) is 3.63. The van der Waals surface area contributed by atoms with Gasteiger partial charge < -0.3 is 19.7 Å². The maximum atomic E-state index is 12.3. The first-order valence-corrected chi connectivity index (χ1v) is 11.0. The third kappa shape index (κ3) is 5.26. The standard InChI is InChI=1S/C20H24IN3O8/c1-10(2)18(13-4-3-12(21)5-14(13)24(29)30)31-9-11-7-23(20(28)22-19(11)27)17-6-15(26)16(8-25)32-17/h3-5,7,10,15-18,25-26H,6,8-9H2,1-2H3,(H,22,27,28)/t15-,16+,17+,18+/m0/s1. The summed E-state index contributed by atoms with van der Waals surface area (Å²) >= 11 is 1.99. The molecular formula is C20H24IN3O8. The minimum absolute atomic E-state index is 0.0704. The number of hydrogen-bond donors (Lipinski definition) is 3. The number of hydrogen-bond acceptors (Lipinski definition) is 8. The van der Waals surface area contributed by atoms with Crippen molar-refractivity contribution in [2.24, 2.45) is 5.92 Å². The van der Waals surface area contributed by atoms with E-state index in [1.54, 1.807) is 12.1 Å². The van der Waals surface area contributed by atoms with E-state index in [9.17, 15) is 29.9 Å². The van der Waals surface area contributed by atoms with Gasteiger partial charge in [0.1, 0.15) is 12.3 Å². The van der Waals surface area contributed by atoms with E-state index in [-0.39, 0.29) is 30.2 Å². The van der Waals surface area contributed by atoms with Crippen LogP contribution in [0.25, 0.3) is 0 Å². The molecule has 2 heterocycles. The number of aliphatic hydroxyl groups is 2. The van der Waals surface area contributed by atoms with Gasteiger partial charge in [-0.15, -0.1) is 0 Å². The maximum Gasteiger partial charge on any atom is 0.330 e. The zero-order valence-corrected chi connectivity index (χ0v) is 19.6. The fraction of sp³-hybridized carbons (Fsp3) is 0.500. The average molecular weight is 561 g/mol. The highest BCUT2D eigenvalue weighted by molar-refractivity contribution is 14.1. The van der Waals surface area contributed by atoms with Crippen LogP contribution in [0.4, 0.5) is 5.69 Å². The molecule has 1 aliphatic heterocycles. The molecule has 1 saturated heterocycles. The van der Waals surface area contributed by atoms with Gasteiger partial charge in [0.2, 0.25) is 0 Å². The number of nitrogens with zero attached hydrogens (tertiary/aromatic N) is 2. The molecule has 0 amide bonds. The monoisotopic (exact) mass is 561 g/mol. The Hall–Kier alpha value is -2.13. The Kier molecular flexibility index (Phi) is 7.82. The number of benzene rings is 1. The first kappa shape index (κ1) is 24.5. The van der Waals surface area contributed by atoms with Crippen LogP contribution in [0.3, 0.4) is 0 Å². The second kappa shape index (κ2) is 10.2. The summed E-state index contributed by atoms with van der Waals surface area (Å²) in [4.78, 5) is 37.9. The predicted molar refractivity (Wildman–Crippen MR) is 121 cm³/mol. The van der Waals surface area contributed by atoms with E-state index >= 15 is 0 Å². The summed E-state index contributed by atoms with van der Waals surface area (Å²) in [5, 5.41) is 30.7. The number of halogens is 1. The lowest BCUT2D eigenvalue weighted by Gasteiger charge is -2.22. The molecule has 4 atom stereocenters. The van der Waals surface area contributed by atoms with Crippen molar-refractivity contribution in [2.45, 2.75) is 51.4 Å². The Balaban J connectivity index is 1.88. The van der Waals surface area contributed by atoms with E-state index in [4.69, 9.17) is 9.47 Å². The number of nitro groups is 1. The number of aliphatic hydroxyl groups excluding tert-OH is 2. The van der Waals surface area contributed by atoms with Crippen LogP contribution >= 0.6 is 22.6 Å². The van der Waals surface area contributed by atoms with Crippen molar-refractivity contribution in [1.29, 1.82) is 0 Å². The number of aromatic amines is 1. The second-order valence-electron chi connectivity index (χ2n) is 7.87. The van der Waals surface area contributed by atoms with Gasteiger partial charge in [0.25, 0.3) is 11.2 Å². The van der Waals surface area contributed by atoms with Crippen molar-refractivity contribution in [3.05, 3.63) is 70.0 Å². The topological polar surface area (TPSA) is 157 Å². The number of H-pyrrole nitrogens is 1. The lowest BCUT2D eigenvalue weighted by molar-refractivity contribution is -0.386. The van der Waals surface area contributed by atoms with Crippen molar-refractivity contribution in [3.8, 4) is 0 Å². The molecule has 12 heteroatoms. The molecule has 0 spiro atoms. The van der Waals surface area contributed by atoms with Gasteiger partial charge in [-0.2, -0.15) is 0 Å². The smallest absolute Gasteiger partial charge is 0.330 e. The molecule has 0 unspecified atom stereocenters. The van der Waals surface area contributed by atoms with Crippen LogP contribution in [0.1, 0.15) is 43.7 Å². The van der Waals surface area contributed by atoms with Gasteiger partial charge in [-0.3, -0.25) is 24.5 Å². The van der Waals surface area contributed by atoms with Gasteiger partial charge in [0.15, 0.2) is 0 Å². The van der Waals surface area contributed by atoms with Crippen molar-refractivity contribution < 1.29 is 24.6 Å². The number of nitrogens with one attached hydrogen (secondary N) is 1. The SMILES string of the molecule is CC(C)[C@@H](OCc1cn([C@H]2C[C@H](O)[C@@H](CO)O2)c(=O)[nH]c1=O)c1ccc(I)cc1[N+](=O)[O-]. The van der Waals surface area contributed by atoms with E-state index in [2.05, 4.69) is 4.98 Å². The molecule has 1 aromatic heterocycles. The van der Waals surface area contributed by atoms with Gasteiger partial charge >= 0.3 is 5.69 Å². The largest absolute Gasteiger partial charge is 0.394 e. The number of aromatic nitrogens is 2. The summed E-state index contributed by atoms with van der Waals surface area (Å²) in [5.74, 6) is -0.141. The first-order chi connectivity index (χ1) is 15.1. The van der Waals surface area contributed by atoms with Crippen LogP contribution in [-0.4, -0.2) is 43.5 Å². The Morgan fingerprint density at radius 1 is 1.41 bits per heavy atom. The zero-order chi connectivity index (χ0) is 23.6. The summed E-state index contributed by atoms with van der Waals surface area (Å²) in [6.45, 7) is 3.08. The lowest BCUT2D eigenvalue weighted by Crippen LogP contribution is -2.34. The number of nitro benzene ring substituents is 1. The minimum atomic E-state index is -0.949. The molecule has 2 aromatic rings. The number of ether oxygens (including phenoxy) is 2. The average Bonchev–Trinajstić information content (AvgIpc) is 3.10. The highest BCUT2D eigenvalue weighted by Crippen LogP contribution is 2.34. The lowest BCUT2D eigenvalue weighted by atomic mass is 9.97. The van der Waals surface area contributed by atoms with Crippen LogP contribution in [-0.2, 0) is 16.1 Å². The number of rotatable bonds is 8. The van der Waals surface area contributed by atoms with Gasteiger partial charge in [0, 0.05) is 22.3 Å². The van der Waals surface area contributed by atoms with Gasteiger partial charge in [0.05, 0.1) is 41.5 Å². The van der Waals surface area contributed by atoms with E-state index in [1.165, 1.54) is 12.3 Å². The minimum Gasteiger partial charge on any atom is -0.394 e. The molecule has 32 heavy (non-hydrogen) atoms. The Morgan fingerprint density at radius 3 is 2.72 bits per heavy atom. The van der Waals surface area contributed by atoms with Crippen LogP contribution in [0.15, 0.2) is 34.0 Å². The fourth-order valence-corrected chi connectivity index (χ4v) is 4.11. The molecule has 1 aliphatic rings.